The SMILES string of the molecule is C=CCCCO[C@@H]1O[C@@H](C)[C@H](OCc2ccccc2)[C@@H](OCc2ccccc2)[C@H]1O[C@@H]1O[C@@H](C)[C@H](OCc2ccccc2)[C@@H](OCc2ccccc2)[C@H]1O[C@@H]1O[C@@H](C)[C@H](OCc2ccccc2)[C@@H](OCc2ccccc2)[C@H]1OC(C)=O. The highest BCUT2D eigenvalue weighted by molar-refractivity contribution is 5.66. The van der Waals surface area contributed by atoms with Crippen molar-refractivity contribution in [3.63, 3.8) is 0 Å². The Balaban J connectivity index is 1.12. The monoisotopic (exact) mass is 1110 g/mol. The van der Waals surface area contributed by atoms with E-state index in [1.807, 2.05) is 209 Å². The van der Waals surface area contributed by atoms with Gasteiger partial charge in [0.2, 0.25) is 0 Å². The first kappa shape index (κ1) is 59.7. The second-order valence-corrected chi connectivity index (χ2v) is 20.8. The van der Waals surface area contributed by atoms with Crippen molar-refractivity contribution in [3.8, 4) is 0 Å². The van der Waals surface area contributed by atoms with E-state index in [1.54, 1.807) is 0 Å². The number of allylic oxidation sites excluding steroid dienone is 1. The molecule has 0 aromatic heterocycles. The summed E-state index contributed by atoms with van der Waals surface area (Å²) in [6.07, 6.45) is -10.2. The smallest absolute Gasteiger partial charge is 0.303 e. The van der Waals surface area contributed by atoms with Crippen molar-refractivity contribution in [1.82, 2.24) is 0 Å². The van der Waals surface area contributed by atoms with E-state index in [1.165, 1.54) is 6.92 Å². The molecule has 430 valence electrons. The Labute approximate surface area is 477 Å². The molecule has 0 bridgehead atoms. The molecule has 6 aromatic carbocycles. The van der Waals surface area contributed by atoms with Crippen LogP contribution in [0.25, 0.3) is 0 Å². The van der Waals surface area contributed by atoms with Crippen molar-refractivity contribution >= 4 is 5.97 Å². The Morgan fingerprint density at radius 3 is 0.963 bits per heavy atom. The Morgan fingerprint density at radius 1 is 0.383 bits per heavy atom. The summed E-state index contributed by atoms with van der Waals surface area (Å²) >= 11 is 0. The molecule has 9 rings (SSSR count). The van der Waals surface area contributed by atoms with Crippen molar-refractivity contribution in [1.29, 1.82) is 0 Å². The van der Waals surface area contributed by atoms with Crippen LogP contribution >= 0.6 is 0 Å². The molecule has 0 spiro atoms. The van der Waals surface area contributed by atoms with Crippen molar-refractivity contribution in [2.75, 3.05) is 6.61 Å². The highest BCUT2D eigenvalue weighted by Gasteiger charge is 2.56. The van der Waals surface area contributed by atoms with E-state index < -0.39 is 98.1 Å². The van der Waals surface area contributed by atoms with Crippen LogP contribution in [-0.2, 0) is 106 Å². The Morgan fingerprint density at radius 2 is 0.654 bits per heavy atom. The van der Waals surface area contributed by atoms with Gasteiger partial charge in [-0.1, -0.05) is 188 Å². The maximum Gasteiger partial charge on any atom is 0.303 e. The first-order chi connectivity index (χ1) is 39.7. The summed E-state index contributed by atoms with van der Waals surface area (Å²) in [4.78, 5) is 13.5. The molecule has 3 aliphatic heterocycles. The fraction of sp³-hybridized carbons (Fsp3) is 0.418. The van der Waals surface area contributed by atoms with Crippen molar-refractivity contribution < 1.29 is 66.4 Å². The second-order valence-electron chi connectivity index (χ2n) is 20.8. The van der Waals surface area contributed by atoms with E-state index in [4.69, 9.17) is 61.6 Å². The molecule has 3 fully saturated rings. The average molecular weight is 1110 g/mol. The number of benzene rings is 6. The third-order valence-corrected chi connectivity index (χ3v) is 14.6. The Kier molecular flexibility index (Phi) is 22.8. The maximum atomic E-state index is 13.5. The highest BCUT2D eigenvalue weighted by Crippen LogP contribution is 2.39. The van der Waals surface area contributed by atoms with Gasteiger partial charge >= 0.3 is 5.97 Å². The predicted octanol–water partition coefficient (Wildman–Crippen LogP) is 11.4. The van der Waals surface area contributed by atoms with Crippen molar-refractivity contribution in [2.45, 2.75) is 172 Å². The molecule has 3 aliphatic rings. The molecule has 0 saturated carbocycles. The standard InChI is InChI=1S/C67H78O14/c1-6-7-26-39-69-65-62(59(73-43-53-33-20-11-21-34-53)56(46(2)76-65)70-40-50-27-14-8-15-28-50)80-67-64(61(75-45-55-37-24-13-25-38-55)58(48(4)78-67)72-42-52-31-18-10-19-32-52)81-66-63(79-49(5)68)60(74-44-54-35-22-12-23-36-54)57(47(3)77-66)71-41-51-29-16-9-17-30-51/h6,8-25,27-38,46-48,56-67H,1,7,26,39-45H2,2-5H3/t46-,47-,48-,56-,57-,58-,59+,60+,61+,62+,63+,64+,65+,66-,67-/m0/s1. The quantitative estimate of drug-likeness (QED) is 0.0262. The zero-order valence-corrected chi connectivity index (χ0v) is 46.8. The van der Waals surface area contributed by atoms with Crippen LogP contribution in [0.4, 0.5) is 0 Å². The number of unbranched alkanes of at least 4 members (excludes halogenated alkanes) is 1. The van der Waals surface area contributed by atoms with Gasteiger partial charge in [-0.3, -0.25) is 4.79 Å². The third kappa shape index (κ3) is 17.1. The average Bonchev–Trinajstić information content (AvgIpc) is 3.54. The molecule has 3 saturated heterocycles. The van der Waals surface area contributed by atoms with E-state index in [2.05, 4.69) is 6.58 Å². The fourth-order valence-corrected chi connectivity index (χ4v) is 10.5. The van der Waals surface area contributed by atoms with Gasteiger partial charge < -0.3 is 61.6 Å². The summed E-state index contributed by atoms with van der Waals surface area (Å²) in [5.41, 5.74) is 5.66. The number of hydrogen-bond acceptors (Lipinski definition) is 14. The van der Waals surface area contributed by atoms with E-state index in [-0.39, 0.29) is 39.6 Å². The van der Waals surface area contributed by atoms with Gasteiger partial charge in [0.1, 0.15) is 48.8 Å². The number of carbonyl (C=O) groups is 1. The zero-order chi connectivity index (χ0) is 56.2. The van der Waals surface area contributed by atoms with Crippen molar-refractivity contribution in [2.24, 2.45) is 0 Å². The van der Waals surface area contributed by atoms with Gasteiger partial charge in [0.05, 0.1) is 64.6 Å². The van der Waals surface area contributed by atoms with E-state index in [0.717, 1.165) is 39.8 Å². The summed E-state index contributed by atoms with van der Waals surface area (Å²) in [7, 11) is 0. The molecule has 81 heavy (non-hydrogen) atoms. The number of hydrogen-bond donors (Lipinski definition) is 0. The number of ether oxygens (including phenoxy) is 13. The lowest BCUT2D eigenvalue weighted by molar-refractivity contribution is -0.399. The first-order valence-electron chi connectivity index (χ1n) is 28.3. The summed E-state index contributed by atoms with van der Waals surface area (Å²) in [5.74, 6) is -0.575. The normalized spacial score (nSPS) is 28.5. The van der Waals surface area contributed by atoms with Crippen LogP contribution in [-0.4, -0.2) is 105 Å². The maximum absolute atomic E-state index is 13.5. The van der Waals surface area contributed by atoms with Crippen LogP contribution < -0.4 is 0 Å². The Hall–Kier alpha value is -5.95. The van der Waals surface area contributed by atoms with Gasteiger partial charge in [0.15, 0.2) is 25.0 Å². The summed E-state index contributed by atoms with van der Waals surface area (Å²) in [6.45, 7) is 12.7. The van der Waals surface area contributed by atoms with Crippen LogP contribution in [0.5, 0.6) is 0 Å². The lowest BCUT2D eigenvalue weighted by Crippen LogP contribution is -2.67. The lowest BCUT2D eigenvalue weighted by atomic mass is 9.95. The van der Waals surface area contributed by atoms with Gasteiger partial charge in [-0.2, -0.15) is 0 Å². The van der Waals surface area contributed by atoms with Crippen LogP contribution in [0.2, 0.25) is 0 Å². The topological polar surface area (TPSA) is 137 Å². The van der Waals surface area contributed by atoms with Crippen molar-refractivity contribution in [3.05, 3.63) is 228 Å². The van der Waals surface area contributed by atoms with Gasteiger partial charge in [-0.15, -0.1) is 6.58 Å². The lowest BCUT2D eigenvalue weighted by Gasteiger charge is -2.51. The van der Waals surface area contributed by atoms with E-state index in [9.17, 15) is 4.79 Å². The number of esters is 1. The molecule has 14 heteroatoms. The summed E-state index contributed by atoms with van der Waals surface area (Å²) in [5, 5.41) is 0. The number of carbonyl (C=O) groups excluding carboxylic acids is 1. The third-order valence-electron chi connectivity index (χ3n) is 14.6. The molecule has 0 unspecified atom stereocenters. The number of rotatable bonds is 28. The Bertz CT molecular complexity index is 2730. The van der Waals surface area contributed by atoms with Gasteiger partial charge in [0.25, 0.3) is 0 Å². The van der Waals surface area contributed by atoms with Gasteiger partial charge in [-0.05, 0) is 67.0 Å². The molecule has 0 radical (unpaired) electrons. The molecule has 3 heterocycles. The first-order valence-corrected chi connectivity index (χ1v) is 28.3. The molecule has 15 atom stereocenters. The zero-order valence-electron chi connectivity index (χ0n) is 46.8. The minimum atomic E-state index is -1.30. The molecule has 0 aliphatic carbocycles. The molecular weight excluding hydrogens is 1030 g/mol. The van der Waals surface area contributed by atoms with Crippen LogP contribution in [0.15, 0.2) is 195 Å². The molecular formula is C67H78O14. The molecule has 0 amide bonds. The predicted molar refractivity (Wildman–Crippen MR) is 304 cm³/mol. The minimum Gasteiger partial charge on any atom is -0.454 e. The van der Waals surface area contributed by atoms with Gasteiger partial charge in [-0.25, -0.2) is 0 Å². The van der Waals surface area contributed by atoms with E-state index >= 15 is 0 Å². The fourth-order valence-electron chi connectivity index (χ4n) is 10.5. The van der Waals surface area contributed by atoms with Gasteiger partial charge in [0, 0.05) is 6.92 Å². The molecule has 6 aromatic rings. The van der Waals surface area contributed by atoms with Crippen LogP contribution in [0.3, 0.4) is 0 Å². The highest BCUT2D eigenvalue weighted by atomic mass is 16.8. The molecule has 0 N–H and O–H groups in total. The largest absolute Gasteiger partial charge is 0.454 e. The second kappa shape index (κ2) is 30.9. The summed E-state index contributed by atoms with van der Waals surface area (Å²) < 4.78 is 90.2. The van der Waals surface area contributed by atoms with Crippen LogP contribution in [0, 0.1) is 0 Å². The minimum absolute atomic E-state index is 0.167. The van der Waals surface area contributed by atoms with E-state index in [0.29, 0.717) is 13.0 Å². The molecule has 14 nitrogen and oxygen atoms in total. The van der Waals surface area contributed by atoms with Crippen LogP contribution in [0.1, 0.15) is 73.9 Å². The summed E-state index contributed by atoms with van der Waals surface area (Å²) in [6, 6.07) is 59.4.